The monoisotopic (exact) mass is 450 g/mol. The van der Waals surface area contributed by atoms with Gasteiger partial charge < -0.3 is 11.1 Å². The van der Waals surface area contributed by atoms with E-state index in [0.29, 0.717) is 12.5 Å². The van der Waals surface area contributed by atoms with Crippen LogP contribution in [0.1, 0.15) is 25.0 Å². The van der Waals surface area contributed by atoms with Crippen LogP contribution in [0.5, 0.6) is 0 Å². The van der Waals surface area contributed by atoms with E-state index in [9.17, 15) is 0 Å². The number of hydrogen-bond acceptors (Lipinski definition) is 2. The number of halogens is 1. The van der Waals surface area contributed by atoms with Gasteiger partial charge in [-0.3, -0.25) is 9.89 Å². The van der Waals surface area contributed by atoms with Gasteiger partial charge in [-0.15, -0.1) is 24.0 Å². The number of rotatable bonds is 4. The molecule has 0 spiro atoms. The highest BCUT2D eigenvalue weighted by molar-refractivity contribution is 14.0. The molecule has 2 aromatic rings. The molecule has 0 saturated carbocycles. The molecular formula is C20H27IN4. The molecule has 0 aromatic heterocycles. The van der Waals surface area contributed by atoms with Gasteiger partial charge in [-0.2, -0.15) is 0 Å². The quantitative estimate of drug-likeness (QED) is 0.423. The summed E-state index contributed by atoms with van der Waals surface area (Å²) in [6.07, 6.45) is 1.10. The first-order valence-corrected chi connectivity index (χ1v) is 8.48. The second-order valence-electron chi connectivity index (χ2n) is 6.95. The van der Waals surface area contributed by atoms with Gasteiger partial charge in [0.15, 0.2) is 5.96 Å². The number of aliphatic imine (C=N–C) groups is 1. The molecule has 3 N–H and O–H groups in total. The number of fused-ring (bicyclic) bond motifs is 1. The van der Waals surface area contributed by atoms with Crippen molar-refractivity contribution in [2.75, 3.05) is 18.4 Å². The molecule has 0 unspecified atom stereocenters. The van der Waals surface area contributed by atoms with Crippen LogP contribution in [0.3, 0.4) is 0 Å². The van der Waals surface area contributed by atoms with E-state index in [-0.39, 0.29) is 29.5 Å². The fourth-order valence-electron chi connectivity index (χ4n) is 3.10. The van der Waals surface area contributed by atoms with Crippen LogP contribution < -0.4 is 11.1 Å². The topological polar surface area (TPSA) is 53.6 Å². The molecule has 0 aliphatic carbocycles. The lowest BCUT2D eigenvalue weighted by Crippen LogP contribution is -2.49. The second-order valence-corrected chi connectivity index (χ2v) is 6.95. The number of nitrogens with zero attached hydrogens (tertiary/aromatic N) is 2. The van der Waals surface area contributed by atoms with Crippen molar-refractivity contribution in [2.45, 2.75) is 32.4 Å². The summed E-state index contributed by atoms with van der Waals surface area (Å²) in [7, 11) is 0. The third-order valence-corrected chi connectivity index (χ3v) is 4.67. The molecule has 0 amide bonds. The second kappa shape index (κ2) is 8.67. The Balaban J connectivity index is 0.00000225. The minimum Gasteiger partial charge on any atom is -0.370 e. The lowest BCUT2D eigenvalue weighted by Gasteiger charge is -2.40. The molecular weight excluding hydrogens is 423 g/mol. The van der Waals surface area contributed by atoms with E-state index in [4.69, 9.17) is 5.73 Å². The van der Waals surface area contributed by atoms with Crippen LogP contribution in [0.4, 0.5) is 5.69 Å². The molecule has 0 atom stereocenters. The van der Waals surface area contributed by atoms with Crippen LogP contribution in [-0.4, -0.2) is 29.5 Å². The van der Waals surface area contributed by atoms with Gasteiger partial charge in [0.25, 0.3) is 0 Å². The highest BCUT2D eigenvalue weighted by Gasteiger charge is 2.29. The Morgan fingerprint density at radius 2 is 1.72 bits per heavy atom. The largest absolute Gasteiger partial charge is 0.370 e. The average Bonchev–Trinajstić information content (AvgIpc) is 2.60. The summed E-state index contributed by atoms with van der Waals surface area (Å²) in [5, 5.41) is 3.14. The maximum atomic E-state index is 6.04. The molecule has 2 aromatic carbocycles. The SMILES string of the molecule is CC(C)(CN=C(N)Nc1ccccc1)N1CCc2ccccc2C1.I. The predicted octanol–water partition coefficient (Wildman–Crippen LogP) is 3.87. The Labute approximate surface area is 167 Å². The zero-order valence-corrected chi connectivity index (χ0v) is 17.2. The fourth-order valence-corrected chi connectivity index (χ4v) is 3.10. The van der Waals surface area contributed by atoms with Crippen molar-refractivity contribution in [1.82, 2.24) is 4.90 Å². The highest BCUT2D eigenvalue weighted by Crippen LogP contribution is 2.25. The van der Waals surface area contributed by atoms with Crippen molar-refractivity contribution >= 4 is 35.6 Å². The number of hydrogen-bond donors (Lipinski definition) is 2. The first-order chi connectivity index (χ1) is 11.5. The maximum absolute atomic E-state index is 6.04. The van der Waals surface area contributed by atoms with Gasteiger partial charge in [0, 0.05) is 24.3 Å². The standard InChI is InChI=1S/C20H26N4.HI/c1-20(2,15-22-19(21)23-18-10-4-3-5-11-18)24-13-12-16-8-6-7-9-17(16)14-24;/h3-11H,12-15H2,1-2H3,(H3,21,22,23);1H. The van der Waals surface area contributed by atoms with E-state index in [2.05, 4.69) is 53.3 Å². The first kappa shape index (κ1) is 19.7. The Bertz CT molecular complexity index is 713. The summed E-state index contributed by atoms with van der Waals surface area (Å²) < 4.78 is 0. The van der Waals surface area contributed by atoms with E-state index in [1.807, 2.05) is 30.3 Å². The van der Waals surface area contributed by atoms with Gasteiger partial charge in [0.1, 0.15) is 0 Å². The molecule has 0 bridgehead atoms. The van der Waals surface area contributed by atoms with Crippen LogP contribution in [0.25, 0.3) is 0 Å². The van der Waals surface area contributed by atoms with E-state index in [1.54, 1.807) is 0 Å². The Kier molecular flexibility index (Phi) is 6.84. The van der Waals surface area contributed by atoms with Gasteiger partial charge in [0.2, 0.25) is 0 Å². The number of benzene rings is 2. The lowest BCUT2D eigenvalue weighted by molar-refractivity contribution is 0.112. The van der Waals surface area contributed by atoms with Crippen LogP contribution >= 0.6 is 24.0 Å². The number of para-hydroxylation sites is 1. The molecule has 0 fully saturated rings. The normalized spacial score (nSPS) is 15.2. The average molecular weight is 450 g/mol. The van der Waals surface area contributed by atoms with Gasteiger partial charge >= 0.3 is 0 Å². The smallest absolute Gasteiger partial charge is 0.193 e. The summed E-state index contributed by atoms with van der Waals surface area (Å²) in [4.78, 5) is 7.06. The first-order valence-electron chi connectivity index (χ1n) is 8.48. The molecule has 3 rings (SSSR count). The zero-order valence-electron chi connectivity index (χ0n) is 14.9. The lowest BCUT2D eigenvalue weighted by atomic mass is 9.94. The summed E-state index contributed by atoms with van der Waals surface area (Å²) in [5.41, 5.74) is 9.87. The van der Waals surface area contributed by atoms with E-state index < -0.39 is 0 Å². The highest BCUT2D eigenvalue weighted by atomic mass is 127. The molecule has 0 saturated heterocycles. The molecule has 1 aliphatic heterocycles. The maximum Gasteiger partial charge on any atom is 0.193 e. The molecule has 1 aliphatic rings. The number of nitrogens with two attached hydrogens (primary N) is 1. The molecule has 134 valence electrons. The zero-order chi connectivity index (χ0) is 17.0. The minimum absolute atomic E-state index is 0. The summed E-state index contributed by atoms with van der Waals surface area (Å²) in [6, 6.07) is 18.6. The molecule has 0 radical (unpaired) electrons. The summed E-state index contributed by atoms with van der Waals surface area (Å²) >= 11 is 0. The van der Waals surface area contributed by atoms with Gasteiger partial charge in [-0.25, -0.2) is 0 Å². The van der Waals surface area contributed by atoms with Gasteiger partial charge in [-0.05, 0) is 43.5 Å². The van der Waals surface area contributed by atoms with Gasteiger partial charge in [0.05, 0.1) is 6.54 Å². The molecule has 25 heavy (non-hydrogen) atoms. The van der Waals surface area contributed by atoms with Crippen molar-refractivity contribution in [3.63, 3.8) is 0 Å². The van der Waals surface area contributed by atoms with Crippen molar-refractivity contribution in [3.05, 3.63) is 65.7 Å². The number of nitrogens with one attached hydrogen (secondary N) is 1. The van der Waals surface area contributed by atoms with Crippen LogP contribution in [-0.2, 0) is 13.0 Å². The fraction of sp³-hybridized carbons (Fsp3) is 0.350. The third-order valence-electron chi connectivity index (χ3n) is 4.67. The molecule has 1 heterocycles. The summed E-state index contributed by atoms with van der Waals surface area (Å²) in [6.45, 7) is 7.18. The Hall–Kier alpha value is -1.60. The number of guanidine groups is 1. The van der Waals surface area contributed by atoms with Crippen molar-refractivity contribution in [3.8, 4) is 0 Å². The predicted molar refractivity (Wildman–Crippen MR) is 117 cm³/mol. The van der Waals surface area contributed by atoms with Crippen LogP contribution in [0.15, 0.2) is 59.6 Å². The minimum atomic E-state index is -0.0312. The molecule has 4 nitrogen and oxygen atoms in total. The third kappa shape index (κ3) is 5.19. The summed E-state index contributed by atoms with van der Waals surface area (Å²) in [5.74, 6) is 0.465. The van der Waals surface area contributed by atoms with Crippen molar-refractivity contribution in [2.24, 2.45) is 10.7 Å². The Morgan fingerprint density at radius 3 is 2.44 bits per heavy atom. The van der Waals surface area contributed by atoms with Crippen molar-refractivity contribution in [1.29, 1.82) is 0 Å². The van der Waals surface area contributed by atoms with E-state index >= 15 is 0 Å². The van der Waals surface area contributed by atoms with Crippen molar-refractivity contribution < 1.29 is 0 Å². The van der Waals surface area contributed by atoms with Crippen LogP contribution in [0.2, 0.25) is 0 Å². The van der Waals surface area contributed by atoms with E-state index in [0.717, 1.165) is 25.2 Å². The van der Waals surface area contributed by atoms with Gasteiger partial charge in [-0.1, -0.05) is 42.5 Å². The van der Waals surface area contributed by atoms with E-state index in [1.165, 1.54) is 11.1 Å². The number of anilines is 1. The van der Waals surface area contributed by atoms with Crippen LogP contribution in [0, 0.1) is 0 Å². The Morgan fingerprint density at radius 1 is 1.08 bits per heavy atom. The molecule has 5 heteroatoms.